The predicted molar refractivity (Wildman–Crippen MR) is 103 cm³/mol. The van der Waals surface area contributed by atoms with Gasteiger partial charge in [-0.25, -0.2) is 0 Å². The van der Waals surface area contributed by atoms with Gasteiger partial charge in [0, 0.05) is 18.0 Å². The van der Waals surface area contributed by atoms with Crippen molar-refractivity contribution in [1.29, 1.82) is 0 Å². The van der Waals surface area contributed by atoms with Crippen LogP contribution in [0.15, 0.2) is 42.7 Å². The van der Waals surface area contributed by atoms with E-state index in [1.165, 1.54) is 23.1 Å². The molecule has 0 radical (unpaired) electrons. The third-order valence-electron chi connectivity index (χ3n) is 5.93. The van der Waals surface area contributed by atoms with Crippen LogP contribution in [-0.2, 0) is 12.8 Å². The minimum absolute atomic E-state index is 0.0536. The van der Waals surface area contributed by atoms with Gasteiger partial charge in [-0.3, -0.25) is 14.3 Å². The van der Waals surface area contributed by atoms with Crippen molar-refractivity contribution >= 4 is 16.9 Å². The van der Waals surface area contributed by atoms with Crippen LogP contribution in [0, 0.1) is 0 Å². The molecule has 1 saturated heterocycles. The van der Waals surface area contributed by atoms with Crippen LogP contribution in [-0.4, -0.2) is 28.5 Å². The van der Waals surface area contributed by atoms with Gasteiger partial charge in [0.25, 0.3) is 5.91 Å². The molecule has 0 unspecified atom stereocenters. The number of fused-ring (bicyclic) bond motifs is 2. The lowest BCUT2D eigenvalue weighted by Gasteiger charge is -2.21. The van der Waals surface area contributed by atoms with Gasteiger partial charge in [-0.05, 0) is 92.1 Å². The predicted octanol–water partition coefficient (Wildman–Crippen LogP) is 3.68. The summed E-state index contributed by atoms with van der Waals surface area (Å²) in [6.45, 7) is 2.06. The molecule has 3 heterocycles. The average Bonchev–Trinajstić information content (AvgIpc) is 3.32. The molecule has 0 atom stereocenters. The third kappa shape index (κ3) is 2.56. The summed E-state index contributed by atoms with van der Waals surface area (Å²) in [5.74, 6) is 0.528. The van der Waals surface area contributed by atoms with E-state index >= 15 is 0 Å². The van der Waals surface area contributed by atoms with Crippen LogP contribution in [0.1, 0.15) is 52.2 Å². The highest BCUT2D eigenvalue weighted by molar-refractivity contribution is 6.02. The molecule has 0 bridgehead atoms. The number of carbonyl (C=O) groups is 1. The highest BCUT2D eigenvalue weighted by Crippen LogP contribution is 2.32. The molecule has 4 heteroatoms. The molecule has 132 valence electrons. The third-order valence-corrected chi connectivity index (χ3v) is 5.93. The summed E-state index contributed by atoms with van der Waals surface area (Å²) >= 11 is 0. The summed E-state index contributed by atoms with van der Waals surface area (Å²) in [7, 11) is 0. The fraction of sp³-hybridized carbons (Fsp3) is 0.364. The van der Waals surface area contributed by atoms with E-state index in [1.807, 2.05) is 35.2 Å². The number of rotatable bonds is 2. The first kappa shape index (κ1) is 15.8. The number of nitrogens with one attached hydrogen (secondary N) is 1. The first-order valence-corrected chi connectivity index (χ1v) is 9.64. The van der Waals surface area contributed by atoms with Crippen LogP contribution >= 0.6 is 0 Å². The Labute approximate surface area is 153 Å². The standard InChI is InChI=1S/C22H23N3O/c26-22(18-7-6-15-3-1-4-17(15)13-18)25-14-19(16-8-11-23-12-9-16)21-20(25)5-2-10-24-21/h2,5-7,10,13-14,16,23H,1,3-4,8-9,11-12H2. The van der Waals surface area contributed by atoms with E-state index in [9.17, 15) is 4.79 Å². The maximum atomic E-state index is 13.3. The van der Waals surface area contributed by atoms with Gasteiger partial charge in [0.05, 0.1) is 11.0 Å². The molecular formula is C22H23N3O. The largest absolute Gasteiger partial charge is 0.317 e. The van der Waals surface area contributed by atoms with Crippen molar-refractivity contribution in [3.8, 4) is 0 Å². The van der Waals surface area contributed by atoms with Crippen molar-refractivity contribution < 1.29 is 4.79 Å². The Morgan fingerprint density at radius 1 is 1.12 bits per heavy atom. The van der Waals surface area contributed by atoms with Crippen molar-refractivity contribution in [2.75, 3.05) is 13.1 Å². The molecule has 1 aliphatic heterocycles. The second-order valence-corrected chi connectivity index (χ2v) is 7.49. The maximum absolute atomic E-state index is 13.3. The molecule has 4 nitrogen and oxygen atoms in total. The molecule has 3 aromatic rings. The van der Waals surface area contributed by atoms with Crippen molar-refractivity contribution in [1.82, 2.24) is 14.9 Å². The first-order valence-electron chi connectivity index (χ1n) is 9.64. The quantitative estimate of drug-likeness (QED) is 0.771. The molecule has 1 aromatic carbocycles. The lowest BCUT2D eigenvalue weighted by Crippen LogP contribution is -2.26. The molecule has 2 aromatic heterocycles. The number of carbonyl (C=O) groups excluding carboxylic acids is 1. The Morgan fingerprint density at radius 2 is 1.96 bits per heavy atom. The number of aryl methyl sites for hydroxylation is 2. The van der Waals surface area contributed by atoms with Gasteiger partial charge in [0.1, 0.15) is 0 Å². The van der Waals surface area contributed by atoms with Gasteiger partial charge >= 0.3 is 0 Å². The lowest BCUT2D eigenvalue weighted by molar-refractivity contribution is 0.0964. The Bertz CT molecular complexity index is 982. The molecule has 0 saturated carbocycles. The fourth-order valence-corrected chi connectivity index (χ4v) is 4.53. The van der Waals surface area contributed by atoms with E-state index in [0.717, 1.165) is 55.4 Å². The Hall–Kier alpha value is -2.46. The smallest absolute Gasteiger partial charge is 0.262 e. The van der Waals surface area contributed by atoms with Crippen molar-refractivity contribution in [3.05, 3.63) is 65.0 Å². The number of pyridine rings is 1. The number of piperidine rings is 1. The zero-order valence-corrected chi connectivity index (χ0v) is 14.9. The summed E-state index contributed by atoms with van der Waals surface area (Å²) in [5.41, 5.74) is 6.64. The number of aromatic nitrogens is 2. The van der Waals surface area contributed by atoms with Crippen LogP contribution in [0.4, 0.5) is 0 Å². The first-order chi connectivity index (χ1) is 12.8. The molecular weight excluding hydrogens is 322 g/mol. The van der Waals surface area contributed by atoms with Crippen LogP contribution in [0.2, 0.25) is 0 Å². The van der Waals surface area contributed by atoms with Crippen LogP contribution in [0.25, 0.3) is 11.0 Å². The summed E-state index contributed by atoms with van der Waals surface area (Å²) < 4.78 is 1.82. The second-order valence-electron chi connectivity index (χ2n) is 7.49. The molecule has 5 rings (SSSR count). The molecule has 1 aliphatic carbocycles. The van der Waals surface area contributed by atoms with E-state index in [-0.39, 0.29) is 5.91 Å². The molecule has 2 aliphatic rings. The zero-order valence-electron chi connectivity index (χ0n) is 14.9. The van der Waals surface area contributed by atoms with E-state index in [4.69, 9.17) is 0 Å². The van der Waals surface area contributed by atoms with E-state index in [2.05, 4.69) is 22.4 Å². The van der Waals surface area contributed by atoms with Gasteiger partial charge in [-0.2, -0.15) is 0 Å². The Balaban J connectivity index is 1.59. The fourth-order valence-electron chi connectivity index (χ4n) is 4.53. The van der Waals surface area contributed by atoms with E-state index in [1.54, 1.807) is 0 Å². The summed E-state index contributed by atoms with van der Waals surface area (Å²) in [5, 5.41) is 3.42. The minimum atomic E-state index is 0.0536. The topological polar surface area (TPSA) is 46.9 Å². The zero-order chi connectivity index (χ0) is 17.5. The van der Waals surface area contributed by atoms with Gasteiger partial charge in [-0.1, -0.05) is 6.07 Å². The number of benzene rings is 1. The van der Waals surface area contributed by atoms with Gasteiger partial charge < -0.3 is 5.32 Å². The molecule has 1 N–H and O–H groups in total. The number of nitrogens with zero attached hydrogens (tertiary/aromatic N) is 2. The van der Waals surface area contributed by atoms with Gasteiger partial charge in [0.2, 0.25) is 0 Å². The molecule has 1 fully saturated rings. The number of hydrogen-bond donors (Lipinski definition) is 1. The van der Waals surface area contributed by atoms with E-state index in [0.29, 0.717) is 5.92 Å². The molecule has 26 heavy (non-hydrogen) atoms. The monoisotopic (exact) mass is 345 g/mol. The van der Waals surface area contributed by atoms with Crippen LogP contribution < -0.4 is 5.32 Å². The van der Waals surface area contributed by atoms with Crippen molar-refractivity contribution in [2.24, 2.45) is 0 Å². The summed E-state index contributed by atoms with van der Waals surface area (Å²) in [6.07, 6.45) is 9.50. The van der Waals surface area contributed by atoms with Crippen molar-refractivity contribution in [2.45, 2.75) is 38.0 Å². The van der Waals surface area contributed by atoms with Gasteiger partial charge in [-0.15, -0.1) is 0 Å². The van der Waals surface area contributed by atoms with E-state index < -0.39 is 0 Å². The Kier molecular flexibility index (Phi) is 3.86. The highest BCUT2D eigenvalue weighted by Gasteiger charge is 2.23. The van der Waals surface area contributed by atoms with Crippen LogP contribution in [0.5, 0.6) is 0 Å². The second kappa shape index (κ2) is 6.36. The van der Waals surface area contributed by atoms with Gasteiger partial charge in [0.15, 0.2) is 0 Å². The van der Waals surface area contributed by atoms with Crippen LogP contribution in [0.3, 0.4) is 0 Å². The Morgan fingerprint density at radius 3 is 2.85 bits per heavy atom. The number of hydrogen-bond acceptors (Lipinski definition) is 3. The normalized spacial score (nSPS) is 17.5. The summed E-state index contributed by atoms with van der Waals surface area (Å²) in [6, 6.07) is 10.1. The maximum Gasteiger partial charge on any atom is 0.262 e. The van der Waals surface area contributed by atoms with Crippen molar-refractivity contribution in [3.63, 3.8) is 0 Å². The molecule has 0 spiro atoms. The molecule has 0 amide bonds. The highest BCUT2D eigenvalue weighted by atomic mass is 16.2. The average molecular weight is 345 g/mol. The summed E-state index contributed by atoms with van der Waals surface area (Å²) in [4.78, 5) is 17.9. The lowest BCUT2D eigenvalue weighted by atomic mass is 9.91. The minimum Gasteiger partial charge on any atom is -0.317 e. The SMILES string of the molecule is O=C(c1ccc2c(c1)CCC2)n1cc(C2CCNCC2)c2ncccc21.